The fraction of sp³-hybridized carbons (Fsp3) is 0.360. The van der Waals surface area contributed by atoms with Gasteiger partial charge < -0.3 is 14.2 Å². The predicted molar refractivity (Wildman–Crippen MR) is 111 cm³/mol. The first-order chi connectivity index (χ1) is 13.8. The van der Waals surface area contributed by atoms with Gasteiger partial charge in [-0.1, -0.05) is 55.3 Å². The molecular formula is C25H26O3. The molecule has 5 rings (SSSR count). The molecule has 144 valence electrons. The Labute approximate surface area is 166 Å². The van der Waals surface area contributed by atoms with Crippen LogP contribution in [0.1, 0.15) is 54.4 Å². The smallest absolute Gasteiger partial charge is 0.161 e. The molecule has 0 spiro atoms. The molecule has 1 fully saturated rings. The van der Waals surface area contributed by atoms with Crippen molar-refractivity contribution in [1.82, 2.24) is 0 Å². The molecule has 0 aromatic heterocycles. The maximum Gasteiger partial charge on any atom is 0.161 e. The maximum atomic E-state index is 6.79. The second-order valence-electron chi connectivity index (χ2n) is 7.85. The van der Waals surface area contributed by atoms with E-state index in [1.807, 2.05) is 0 Å². The Hall–Kier alpha value is -2.52. The van der Waals surface area contributed by atoms with Gasteiger partial charge in [0.2, 0.25) is 0 Å². The molecule has 1 aliphatic carbocycles. The summed E-state index contributed by atoms with van der Waals surface area (Å²) in [4.78, 5) is 0. The Bertz CT molecular complexity index is 1000. The molecule has 2 aliphatic rings. The van der Waals surface area contributed by atoms with E-state index in [4.69, 9.17) is 14.2 Å². The highest BCUT2D eigenvalue weighted by Gasteiger charge is 2.39. The van der Waals surface area contributed by atoms with E-state index in [2.05, 4.69) is 54.6 Å². The first-order valence-corrected chi connectivity index (χ1v) is 10.2. The molecule has 1 aliphatic heterocycles. The molecule has 0 saturated heterocycles. The summed E-state index contributed by atoms with van der Waals surface area (Å²) in [6.07, 6.45) is 4.99. The van der Waals surface area contributed by atoms with E-state index in [0.717, 1.165) is 17.9 Å². The van der Waals surface area contributed by atoms with Gasteiger partial charge in [-0.05, 0) is 52.4 Å². The lowest BCUT2D eigenvalue weighted by molar-refractivity contribution is -0.0385. The van der Waals surface area contributed by atoms with Gasteiger partial charge in [-0.3, -0.25) is 0 Å². The van der Waals surface area contributed by atoms with Gasteiger partial charge in [-0.15, -0.1) is 0 Å². The minimum atomic E-state index is -0.0831. The summed E-state index contributed by atoms with van der Waals surface area (Å²) in [5.41, 5.74) is 3.82. The minimum absolute atomic E-state index is 0.0831. The summed E-state index contributed by atoms with van der Waals surface area (Å²) in [7, 11) is 3.41. The van der Waals surface area contributed by atoms with Crippen molar-refractivity contribution in [2.45, 2.75) is 43.8 Å². The van der Waals surface area contributed by atoms with Crippen molar-refractivity contribution >= 4 is 10.8 Å². The summed E-state index contributed by atoms with van der Waals surface area (Å²) in [6, 6.07) is 19.4. The quantitative estimate of drug-likeness (QED) is 0.562. The molecule has 3 aromatic rings. The van der Waals surface area contributed by atoms with Crippen LogP contribution in [0.3, 0.4) is 0 Å². The van der Waals surface area contributed by atoms with E-state index in [-0.39, 0.29) is 12.2 Å². The standard InChI is InChI=1S/C25H26O3/c1-26-23-14-20-18-11-5-6-13-22(18)28-25(21(20)15-24(23)27-2)19-12-7-9-16-8-3-4-10-17(16)19/h3-4,7-10,12,14-15,18,22,25H,5-6,11,13H2,1-2H3/t18-,22+,25+/m1/s1. The number of methoxy groups -OCH3 is 2. The topological polar surface area (TPSA) is 27.7 Å². The highest BCUT2D eigenvalue weighted by Crippen LogP contribution is 2.50. The number of hydrogen-bond donors (Lipinski definition) is 0. The predicted octanol–water partition coefficient (Wildman–Crippen LogP) is 6.00. The van der Waals surface area contributed by atoms with Crippen molar-refractivity contribution in [2.75, 3.05) is 14.2 Å². The number of rotatable bonds is 3. The Morgan fingerprint density at radius 1 is 0.786 bits per heavy atom. The molecule has 0 bridgehead atoms. The van der Waals surface area contributed by atoms with Crippen molar-refractivity contribution in [1.29, 1.82) is 0 Å². The third-order valence-corrected chi connectivity index (χ3v) is 6.39. The molecular weight excluding hydrogens is 348 g/mol. The molecule has 0 unspecified atom stereocenters. The zero-order chi connectivity index (χ0) is 19.1. The summed E-state index contributed by atoms with van der Waals surface area (Å²) < 4.78 is 18.0. The highest BCUT2D eigenvalue weighted by molar-refractivity contribution is 5.86. The van der Waals surface area contributed by atoms with Gasteiger partial charge in [0, 0.05) is 5.92 Å². The van der Waals surface area contributed by atoms with Crippen LogP contribution in [0.4, 0.5) is 0 Å². The van der Waals surface area contributed by atoms with E-state index in [1.165, 1.54) is 46.7 Å². The Balaban J connectivity index is 1.73. The van der Waals surface area contributed by atoms with Crippen LogP contribution >= 0.6 is 0 Å². The van der Waals surface area contributed by atoms with Crippen molar-refractivity contribution in [2.24, 2.45) is 0 Å². The summed E-state index contributed by atoms with van der Waals surface area (Å²) in [5.74, 6) is 2.02. The molecule has 1 saturated carbocycles. The third kappa shape index (κ3) is 2.77. The van der Waals surface area contributed by atoms with Gasteiger partial charge in [-0.25, -0.2) is 0 Å². The van der Waals surface area contributed by atoms with E-state index < -0.39 is 0 Å². The van der Waals surface area contributed by atoms with E-state index in [9.17, 15) is 0 Å². The second kappa shape index (κ2) is 7.14. The van der Waals surface area contributed by atoms with E-state index >= 15 is 0 Å². The average Bonchev–Trinajstić information content (AvgIpc) is 2.77. The van der Waals surface area contributed by atoms with Crippen LogP contribution in [0, 0.1) is 0 Å². The molecule has 0 amide bonds. The van der Waals surface area contributed by atoms with Crippen molar-refractivity contribution in [3.63, 3.8) is 0 Å². The monoisotopic (exact) mass is 374 g/mol. The molecule has 0 radical (unpaired) electrons. The first kappa shape index (κ1) is 17.6. The highest BCUT2D eigenvalue weighted by atomic mass is 16.5. The van der Waals surface area contributed by atoms with E-state index in [0.29, 0.717) is 5.92 Å². The number of hydrogen-bond acceptors (Lipinski definition) is 3. The summed E-state index contributed by atoms with van der Waals surface area (Å²) in [6.45, 7) is 0. The molecule has 3 heteroatoms. The maximum absolute atomic E-state index is 6.79. The molecule has 3 aromatic carbocycles. The number of fused-ring (bicyclic) bond motifs is 4. The molecule has 3 nitrogen and oxygen atoms in total. The first-order valence-electron chi connectivity index (χ1n) is 10.2. The number of benzene rings is 3. The number of ether oxygens (including phenoxy) is 3. The van der Waals surface area contributed by atoms with E-state index in [1.54, 1.807) is 14.2 Å². The van der Waals surface area contributed by atoms with Crippen molar-refractivity contribution < 1.29 is 14.2 Å². The lowest BCUT2D eigenvalue weighted by Gasteiger charge is -2.42. The fourth-order valence-electron chi connectivity index (χ4n) is 5.04. The lowest BCUT2D eigenvalue weighted by atomic mass is 9.75. The Kier molecular flexibility index (Phi) is 4.48. The Morgan fingerprint density at radius 2 is 1.50 bits per heavy atom. The van der Waals surface area contributed by atoms with Crippen LogP contribution in [-0.4, -0.2) is 20.3 Å². The zero-order valence-corrected chi connectivity index (χ0v) is 16.5. The van der Waals surface area contributed by atoms with Crippen LogP contribution in [0.5, 0.6) is 11.5 Å². The van der Waals surface area contributed by atoms with Crippen molar-refractivity contribution in [3.05, 3.63) is 71.3 Å². The fourth-order valence-corrected chi connectivity index (χ4v) is 5.04. The van der Waals surface area contributed by atoms with Gasteiger partial charge >= 0.3 is 0 Å². The van der Waals surface area contributed by atoms with Crippen molar-refractivity contribution in [3.8, 4) is 11.5 Å². The van der Waals surface area contributed by atoms with Gasteiger partial charge in [-0.2, -0.15) is 0 Å². The molecule has 1 heterocycles. The van der Waals surface area contributed by atoms with Crippen LogP contribution in [0.25, 0.3) is 10.8 Å². The molecule has 28 heavy (non-hydrogen) atoms. The van der Waals surface area contributed by atoms with Gasteiger partial charge in [0.15, 0.2) is 11.5 Å². The average molecular weight is 374 g/mol. The molecule has 3 atom stereocenters. The van der Waals surface area contributed by atoms with Gasteiger partial charge in [0.1, 0.15) is 6.10 Å². The van der Waals surface area contributed by atoms with Gasteiger partial charge in [0.25, 0.3) is 0 Å². The minimum Gasteiger partial charge on any atom is -0.493 e. The van der Waals surface area contributed by atoms with Gasteiger partial charge in [0.05, 0.1) is 20.3 Å². The normalized spacial score (nSPS) is 23.7. The molecule has 0 N–H and O–H groups in total. The lowest BCUT2D eigenvalue weighted by Crippen LogP contribution is -2.33. The third-order valence-electron chi connectivity index (χ3n) is 6.39. The van der Waals surface area contributed by atoms with Crippen LogP contribution in [-0.2, 0) is 4.74 Å². The van der Waals surface area contributed by atoms with Crippen LogP contribution in [0.2, 0.25) is 0 Å². The second-order valence-corrected chi connectivity index (χ2v) is 7.85. The Morgan fingerprint density at radius 3 is 2.32 bits per heavy atom. The summed E-state index contributed by atoms with van der Waals surface area (Å²) >= 11 is 0. The summed E-state index contributed by atoms with van der Waals surface area (Å²) in [5, 5.41) is 2.50. The van der Waals surface area contributed by atoms with Crippen LogP contribution in [0.15, 0.2) is 54.6 Å². The largest absolute Gasteiger partial charge is 0.493 e. The zero-order valence-electron chi connectivity index (χ0n) is 16.5. The van der Waals surface area contributed by atoms with Crippen LogP contribution < -0.4 is 9.47 Å². The SMILES string of the molecule is COc1cc2c(cc1OC)[C@H]1CCCC[C@@H]1O[C@H]2c1cccc2ccccc12.